The summed E-state index contributed by atoms with van der Waals surface area (Å²) >= 11 is 5.05. The highest BCUT2D eigenvalue weighted by Crippen LogP contribution is 2.60. The zero-order valence-electron chi connectivity index (χ0n) is 15.1. The second-order valence-corrected chi connectivity index (χ2v) is 8.82. The Morgan fingerprint density at radius 2 is 1.09 bits per heavy atom. The van der Waals surface area contributed by atoms with Gasteiger partial charge in [-0.3, -0.25) is 4.79 Å². The fourth-order valence-electron chi connectivity index (χ4n) is 2.13. The molecule has 0 radical (unpaired) electrons. The summed E-state index contributed by atoms with van der Waals surface area (Å²) in [6.45, 7) is 0. The topological polar surface area (TPSA) is 51.2 Å². The number of carbonyl (C=O) groups is 1. The molecule has 1 aromatic rings. The van der Waals surface area contributed by atoms with Crippen molar-refractivity contribution in [3.05, 3.63) is 29.8 Å². The van der Waals surface area contributed by atoms with Crippen molar-refractivity contribution < 1.29 is 70.3 Å². The molecule has 0 fully saturated rings. The number of benzene rings is 1. The number of carbonyl (C=O) groups excluding carboxylic acids is 1. The molecule has 0 aliphatic heterocycles. The molecule has 190 valence electrons. The molecule has 0 aliphatic carbocycles. The first kappa shape index (κ1) is 29.3. The van der Waals surface area contributed by atoms with Gasteiger partial charge in [0.15, 0.2) is 9.84 Å². The fraction of sp³-hybridized carbons (Fsp3) is 0.533. The van der Waals surface area contributed by atoms with Crippen LogP contribution in [0.25, 0.3) is 0 Å². The predicted octanol–water partition coefficient (Wildman–Crippen LogP) is 5.97. The first-order valence-electron chi connectivity index (χ1n) is 7.85. The highest BCUT2D eigenvalue weighted by Gasteiger charge is 2.90. The van der Waals surface area contributed by atoms with Gasteiger partial charge in [0.25, 0.3) is 5.24 Å². The van der Waals surface area contributed by atoms with E-state index in [2.05, 4.69) is 0 Å². The van der Waals surface area contributed by atoms with E-state index in [1.807, 2.05) is 0 Å². The van der Waals surface area contributed by atoms with E-state index in [0.717, 1.165) is 12.1 Å². The van der Waals surface area contributed by atoms with Gasteiger partial charge in [-0.05, 0) is 35.9 Å². The summed E-state index contributed by atoms with van der Waals surface area (Å²) in [5, 5.41) is -1.11. The lowest BCUT2D eigenvalue weighted by Gasteiger charge is -2.39. The first-order chi connectivity index (χ1) is 14.4. The summed E-state index contributed by atoms with van der Waals surface area (Å²) in [6, 6.07) is 2.55. The molecule has 33 heavy (non-hydrogen) atoms. The average molecular weight is 551 g/mol. The molecular weight excluding hydrogens is 543 g/mol. The van der Waals surface area contributed by atoms with Crippen molar-refractivity contribution in [2.24, 2.45) is 0 Å². The third-order valence-electron chi connectivity index (χ3n) is 4.12. The molecule has 0 N–H and O–H groups in total. The number of hydrogen-bond donors (Lipinski definition) is 0. The zero-order chi connectivity index (χ0) is 26.5. The van der Waals surface area contributed by atoms with Gasteiger partial charge in [-0.25, -0.2) is 8.42 Å². The molecule has 0 unspecified atom stereocenters. The lowest BCUT2D eigenvalue weighted by Crippen LogP contribution is -2.70. The van der Waals surface area contributed by atoms with E-state index in [4.69, 9.17) is 11.6 Å². The second kappa shape index (κ2) is 8.46. The summed E-state index contributed by atoms with van der Waals surface area (Å²) in [4.78, 5) is 9.90. The van der Waals surface area contributed by atoms with Gasteiger partial charge in [0.2, 0.25) is 0 Å². The second-order valence-electron chi connectivity index (χ2n) is 6.37. The monoisotopic (exact) mass is 550 g/mol. The quantitative estimate of drug-likeness (QED) is 0.281. The Hall–Kier alpha value is -1.78. The lowest BCUT2D eigenvalue weighted by molar-refractivity contribution is -0.439. The van der Waals surface area contributed by atoms with Crippen LogP contribution < -0.4 is 0 Å². The van der Waals surface area contributed by atoms with Crippen LogP contribution in [0.5, 0.6) is 0 Å². The van der Waals surface area contributed by atoms with Crippen LogP contribution in [-0.2, 0) is 9.84 Å². The Balaban J connectivity index is 3.28. The molecule has 0 saturated carbocycles. The standard InChI is InChI=1S/C15H8ClF13O3S/c16-9(30)7-1-3-8(4-2-7)33(31,32)6-5-10(17,18)11(19,20)12(21,22)13(23,24)14(25,26)15(27,28)29/h1-4H,5-6H2. The van der Waals surface area contributed by atoms with Crippen molar-refractivity contribution in [1.29, 1.82) is 0 Å². The van der Waals surface area contributed by atoms with E-state index in [9.17, 15) is 70.3 Å². The van der Waals surface area contributed by atoms with Crippen LogP contribution >= 0.6 is 11.6 Å². The molecule has 3 nitrogen and oxygen atoms in total. The number of rotatable bonds is 9. The number of hydrogen-bond acceptors (Lipinski definition) is 3. The van der Waals surface area contributed by atoms with Crippen molar-refractivity contribution in [3.63, 3.8) is 0 Å². The molecule has 0 aromatic heterocycles. The molecule has 0 atom stereocenters. The van der Waals surface area contributed by atoms with Gasteiger partial charge in [-0.1, -0.05) is 0 Å². The Bertz CT molecular complexity index is 985. The first-order valence-corrected chi connectivity index (χ1v) is 9.88. The van der Waals surface area contributed by atoms with Gasteiger partial charge in [0.05, 0.1) is 10.6 Å². The largest absolute Gasteiger partial charge is 0.460 e. The SMILES string of the molecule is O=C(Cl)c1ccc(S(=O)(=O)CCC(F)(F)C(F)(F)C(F)(F)C(F)(F)C(F)(F)C(F)(F)F)cc1. The van der Waals surface area contributed by atoms with Crippen LogP contribution in [-0.4, -0.2) is 55.2 Å². The molecular formula is C15H8ClF13O3S. The molecule has 0 heterocycles. The third-order valence-corrected chi connectivity index (χ3v) is 6.07. The van der Waals surface area contributed by atoms with Crippen molar-refractivity contribution >= 4 is 26.7 Å². The summed E-state index contributed by atoms with van der Waals surface area (Å²) in [7, 11) is -5.06. The minimum atomic E-state index is -8.06. The van der Waals surface area contributed by atoms with E-state index in [-0.39, 0.29) is 5.56 Å². The molecule has 0 saturated heterocycles. The highest BCUT2D eigenvalue weighted by molar-refractivity contribution is 7.91. The smallest absolute Gasteiger partial charge is 0.276 e. The van der Waals surface area contributed by atoms with Crippen molar-refractivity contribution in [1.82, 2.24) is 0 Å². The van der Waals surface area contributed by atoms with Crippen molar-refractivity contribution in [3.8, 4) is 0 Å². The minimum Gasteiger partial charge on any atom is -0.276 e. The Morgan fingerprint density at radius 1 is 0.697 bits per heavy atom. The van der Waals surface area contributed by atoms with Crippen LogP contribution in [0.15, 0.2) is 29.2 Å². The van der Waals surface area contributed by atoms with E-state index in [1.165, 1.54) is 0 Å². The van der Waals surface area contributed by atoms with Gasteiger partial charge in [-0.15, -0.1) is 0 Å². The summed E-state index contributed by atoms with van der Waals surface area (Å²) in [5.41, 5.74) is -0.319. The maximum Gasteiger partial charge on any atom is 0.460 e. The third kappa shape index (κ3) is 4.88. The number of alkyl halides is 13. The van der Waals surface area contributed by atoms with Crippen molar-refractivity contribution in [2.45, 2.75) is 47.1 Å². The van der Waals surface area contributed by atoms with Crippen molar-refractivity contribution in [2.75, 3.05) is 5.75 Å². The molecule has 0 spiro atoms. The number of sulfone groups is 1. The molecule has 0 bridgehead atoms. The Labute approximate surface area is 180 Å². The van der Waals surface area contributed by atoms with E-state index < -0.39 is 67.9 Å². The van der Waals surface area contributed by atoms with E-state index in [1.54, 1.807) is 0 Å². The van der Waals surface area contributed by atoms with Crippen LogP contribution in [0.2, 0.25) is 0 Å². The van der Waals surface area contributed by atoms with Gasteiger partial charge >= 0.3 is 35.8 Å². The molecule has 1 aromatic carbocycles. The van der Waals surface area contributed by atoms with Crippen LogP contribution in [0.3, 0.4) is 0 Å². The van der Waals surface area contributed by atoms with Crippen LogP contribution in [0, 0.1) is 0 Å². The minimum absolute atomic E-state index is 0.319. The molecule has 1 rings (SSSR count). The van der Waals surface area contributed by atoms with Gasteiger partial charge < -0.3 is 0 Å². The summed E-state index contributed by atoms with van der Waals surface area (Å²) in [6.07, 6.45) is -10.4. The predicted molar refractivity (Wildman–Crippen MR) is 84.1 cm³/mol. The van der Waals surface area contributed by atoms with Crippen LogP contribution in [0.4, 0.5) is 57.1 Å². The maximum atomic E-state index is 13.7. The normalized spacial score (nSPS) is 15.0. The zero-order valence-corrected chi connectivity index (χ0v) is 16.7. The molecule has 0 amide bonds. The van der Waals surface area contributed by atoms with Crippen LogP contribution in [0.1, 0.15) is 16.8 Å². The number of halogens is 14. The maximum absolute atomic E-state index is 13.7. The summed E-state index contributed by atoms with van der Waals surface area (Å²) < 4.78 is 193. The Kier molecular flexibility index (Phi) is 7.50. The molecule has 18 heteroatoms. The fourth-order valence-corrected chi connectivity index (χ4v) is 3.57. The molecule has 0 aliphatic rings. The van der Waals surface area contributed by atoms with Gasteiger partial charge in [-0.2, -0.15) is 57.1 Å². The lowest BCUT2D eigenvalue weighted by atomic mass is 9.93. The highest BCUT2D eigenvalue weighted by atomic mass is 35.5. The average Bonchev–Trinajstić information content (AvgIpc) is 2.65. The van der Waals surface area contributed by atoms with Gasteiger partial charge in [0.1, 0.15) is 0 Å². The van der Waals surface area contributed by atoms with E-state index >= 15 is 0 Å². The van der Waals surface area contributed by atoms with E-state index in [0.29, 0.717) is 12.1 Å². The Morgan fingerprint density at radius 3 is 1.45 bits per heavy atom. The van der Waals surface area contributed by atoms with Gasteiger partial charge in [0, 0.05) is 12.0 Å². The summed E-state index contributed by atoms with van der Waals surface area (Å²) in [5.74, 6) is -40.2.